The number of allylic oxidation sites excluding steroid dienone is 1. The van der Waals surface area contributed by atoms with Crippen LogP contribution in [0.1, 0.15) is 45.4 Å². The SMILES string of the molecule is CCC(CO)C1=CCCCCC1. The zero-order chi connectivity index (χ0) is 8.81. The van der Waals surface area contributed by atoms with Crippen molar-refractivity contribution >= 4 is 0 Å². The van der Waals surface area contributed by atoms with Crippen LogP contribution in [0.3, 0.4) is 0 Å². The fourth-order valence-electron chi connectivity index (χ4n) is 1.92. The second-order valence-corrected chi connectivity index (χ2v) is 3.67. The van der Waals surface area contributed by atoms with E-state index in [9.17, 15) is 0 Å². The number of hydrogen-bond donors (Lipinski definition) is 1. The van der Waals surface area contributed by atoms with Gasteiger partial charge in [-0.25, -0.2) is 0 Å². The molecule has 0 aromatic carbocycles. The van der Waals surface area contributed by atoms with Gasteiger partial charge in [0.15, 0.2) is 0 Å². The van der Waals surface area contributed by atoms with Crippen molar-refractivity contribution in [2.45, 2.75) is 45.4 Å². The second-order valence-electron chi connectivity index (χ2n) is 3.67. The molecule has 0 fully saturated rings. The summed E-state index contributed by atoms with van der Waals surface area (Å²) in [5.41, 5.74) is 1.51. The van der Waals surface area contributed by atoms with Crippen molar-refractivity contribution in [2.24, 2.45) is 5.92 Å². The van der Waals surface area contributed by atoms with Gasteiger partial charge in [0.1, 0.15) is 0 Å². The molecule has 0 amide bonds. The maximum absolute atomic E-state index is 9.13. The molecule has 1 rings (SSSR count). The summed E-state index contributed by atoms with van der Waals surface area (Å²) in [5.74, 6) is 0.447. The second kappa shape index (κ2) is 5.36. The van der Waals surface area contributed by atoms with Gasteiger partial charge in [-0.1, -0.05) is 25.0 Å². The number of aliphatic hydroxyl groups excluding tert-OH is 1. The lowest BCUT2D eigenvalue weighted by Gasteiger charge is -2.14. The molecule has 1 atom stereocenters. The summed E-state index contributed by atoms with van der Waals surface area (Å²) in [5, 5.41) is 9.13. The first-order chi connectivity index (χ1) is 5.88. The van der Waals surface area contributed by atoms with E-state index in [0.717, 1.165) is 6.42 Å². The van der Waals surface area contributed by atoms with E-state index in [2.05, 4.69) is 13.0 Å². The van der Waals surface area contributed by atoms with E-state index in [4.69, 9.17) is 5.11 Å². The van der Waals surface area contributed by atoms with Gasteiger partial charge in [0.25, 0.3) is 0 Å². The standard InChI is InChI=1S/C11H20O/c1-2-10(9-12)11-7-5-3-4-6-8-11/h7,10,12H,2-6,8-9H2,1H3. The van der Waals surface area contributed by atoms with Gasteiger partial charge in [0.05, 0.1) is 0 Å². The zero-order valence-corrected chi connectivity index (χ0v) is 8.05. The molecule has 0 bridgehead atoms. The minimum atomic E-state index is 0.336. The average Bonchev–Trinajstić information content (AvgIpc) is 2.35. The van der Waals surface area contributed by atoms with Crippen LogP contribution in [0.25, 0.3) is 0 Å². The third-order valence-electron chi connectivity index (χ3n) is 2.81. The Morgan fingerprint density at radius 2 is 2.25 bits per heavy atom. The Morgan fingerprint density at radius 1 is 1.42 bits per heavy atom. The van der Waals surface area contributed by atoms with Gasteiger partial charge in [-0.3, -0.25) is 0 Å². The predicted octanol–water partition coefficient (Wildman–Crippen LogP) is 2.90. The summed E-state index contributed by atoms with van der Waals surface area (Å²) in [6, 6.07) is 0. The van der Waals surface area contributed by atoms with Crippen molar-refractivity contribution in [1.82, 2.24) is 0 Å². The molecule has 0 spiro atoms. The Bertz CT molecular complexity index is 145. The Labute approximate surface area is 75.5 Å². The topological polar surface area (TPSA) is 20.2 Å². The van der Waals surface area contributed by atoms with Crippen molar-refractivity contribution in [3.05, 3.63) is 11.6 Å². The highest BCUT2D eigenvalue weighted by Crippen LogP contribution is 2.25. The Balaban J connectivity index is 2.50. The fraction of sp³-hybridized carbons (Fsp3) is 0.818. The molecule has 1 aliphatic rings. The maximum atomic E-state index is 9.13. The van der Waals surface area contributed by atoms with E-state index in [0.29, 0.717) is 12.5 Å². The monoisotopic (exact) mass is 168 g/mol. The lowest BCUT2D eigenvalue weighted by atomic mass is 9.93. The molecule has 1 nitrogen and oxygen atoms in total. The van der Waals surface area contributed by atoms with Crippen molar-refractivity contribution in [3.63, 3.8) is 0 Å². The lowest BCUT2D eigenvalue weighted by Crippen LogP contribution is -2.07. The minimum Gasteiger partial charge on any atom is -0.396 e. The van der Waals surface area contributed by atoms with Crippen LogP contribution >= 0.6 is 0 Å². The van der Waals surface area contributed by atoms with Gasteiger partial charge in [0.2, 0.25) is 0 Å². The van der Waals surface area contributed by atoms with E-state index in [1.807, 2.05) is 0 Å². The molecular formula is C11H20O. The lowest BCUT2D eigenvalue weighted by molar-refractivity contribution is 0.240. The Hall–Kier alpha value is -0.300. The van der Waals surface area contributed by atoms with Gasteiger partial charge < -0.3 is 5.11 Å². The van der Waals surface area contributed by atoms with Crippen LogP contribution in [0.4, 0.5) is 0 Å². The van der Waals surface area contributed by atoms with Crippen LogP contribution in [-0.2, 0) is 0 Å². The molecule has 70 valence electrons. The first-order valence-electron chi connectivity index (χ1n) is 5.18. The van der Waals surface area contributed by atoms with E-state index >= 15 is 0 Å². The molecule has 0 aromatic heterocycles. The molecule has 1 N–H and O–H groups in total. The van der Waals surface area contributed by atoms with Crippen molar-refractivity contribution in [3.8, 4) is 0 Å². The third-order valence-corrected chi connectivity index (χ3v) is 2.81. The van der Waals surface area contributed by atoms with Crippen LogP contribution < -0.4 is 0 Å². The van der Waals surface area contributed by atoms with E-state index < -0.39 is 0 Å². The molecule has 0 saturated carbocycles. The highest BCUT2D eigenvalue weighted by Gasteiger charge is 2.11. The van der Waals surface area contributed by atoms with Gasteiger partial charge in [0, 0.05) is 12.5 Å². The molecule has 1 aliphatic carbocycles. The number of aliphatic hydroxyl groups is 1. The van der Waals surface area contributed by atoms with E-state index in [1.54, 1.807) is 0 Å². The summed E-state index contributed by atoms with van der Waals surface area (Å²) < 4.78 is 0. The molecule has 0 radical (unpaired) electrons. The van der Waals surface area contributed by atoms with Crippen LogP contribution in [-0.4, -0.2) is 11.7 Å². The van der Waals surface area contributed by atoms with Crippen molar-refractivity contribution < 1.29 is 5.11 Å². The molecule has 0 aliphatic heterocycles. The van der Waals surface area contributed by atoms with Gasteiger partial charge in [-0.05, 0) is 32.1 Å². The fourth-order valence-corrected chi connectivity index (χ4v) is 1.92. The largest absolute Gasteiger partial charge is 0.396 e. The van der Waals surface area contributed by atoms with E-state index in [-0.39, 0.29) is 0 Å². The summed E-state index contributed by atoms with van der Waals surface area (Å²) in [4.78, 5) is 0. The Kier molecular flexibility index (Phi) is 4.37. The average molecular weight is 168 g/mol. The van der Waals surface area contributed by atoms with E-state index in [1.165, 1.54) is 37.7 Å². The van der Waals surface area contributed by atoms with Gasteiger partial charge >= 0.3 is 0 Å². The smallest absolute Gasteiger partial charge is 0.0496 e. The summed E-state index contributed by atoms with van der Waals surface area (Å²) in [6.07, 6.45) is 9.92. The first kappa shape index (κ1) is 9.79. The highest BCUT2D eigenvalue weighted by atomic mass is 16.3. The first-order valence-corrected chi connectivity index (χ1v) is 5.18. The molecule has 0 saturated heterocycles. The molecule has 0 aromatic rings. The highest BCUT2D eigenvalue weighted by molar-refractivity contribution is 5.08. The summed E-state index contributed by atoms with van der Waals surface area (Å²) in [6.45, 7) is 2.49. The van der Waals surface area contributed by atoms with Gasteiger partial charge in [-0.15, -0.1) is 0 Å². The third kappa shape index (κ3) is 2.63. The normalized spacial score (nSPS) is 21.3. The van der Waals surface area contributed by atoms with Crippen molar-refractivity contribution in [1.29, 1.82) is 0 Å². The zero-order valence-electron chi connectivity index (χ0n) is 8.05. The number of rotatable bonds is 3. The predicted molar refractivity (Wildman–Crippen MR) is 52.0 cm³/mol. The summed E-state index contributed by atoms with van der Waals surface area (Å²) in [7, 11) is 0. The van der Waals surface area contributed by atoms with Crippen LogP contribution in [0.15, 0.2) is 11.6 Å². The molecule has 12 heavy (non-hydrogen) atoms. The number of hydrogen-bond acceptors (Lipinski definition) is 1. The maximum Gasteiger partial charge on any atom is 0.0496 e. The molecule has 0 heterocycles. The molecular weight excluding hydrogens is 148 g/mol. The molecule has 1 heteroatoms. The quantitative estimate of drug-likeness (QED) is 0.642. The van der Waals surface area contributed by atoms with Crippen molar-refractivity contribution in [2.75, 3.05) is 6.61 Å². The molecule has 1 unspecified atom stereocenters. The van der Waals surface area contributed by atoms with Crippen LogP contribution in [0, 0.1) is 5.92 Å². The van der Waals surface area contributed by atoms with Gasteiger partial charge in [-0.2, -0.15) is 0 Å². The summed E-state index contributed by atoms with van der Waals surface area (Å²) >= 11 is 0. The van der Waals surface area contributed by atoms with Crippen LogP contribution in [0.5, 0.6) is 0 Å². The minimum absolute atomic E-state index is 0.336. The van der Waals surface area contributed by atoms with Crippen LogP contribution in [0.2, 0.25) is 0 Å². The Morgan fingerprint density at radius 3 is 2.92 bits per heavy atom.